The predicted octanol–water partition coefficient (Wildman–Crippen LogP) is -0.470. The second-order valence-corrected chi connectivity index (χ2v) is 1.68. The van der Waals surface area contributed by atoms with E-state index in [0.29, 0.717) is 12.2 Å². The van der Waals surface area contributed by atoms with Gasteiger partial charge < -0.3 is 5.73 Å². The molecule has 0 aromatic heterocycles. The van der Waals surface area contributed by atoms with Gasteiger partial charge in [0.25, 0.3) is 5.91 Å². The molecule has 1 heterocycles. The molecule has 1 radical (unpaired) electrons. The topological polar surface area (TPSA) is 57.2 Å². The summed E-state index contributed by atoms with van der Waals surface area (Å²) in [5, 5.41) is 3.83. The van der Waals surface area contributed by atoms with E-state index in [1.807, 2.05) is 6.08 Å². The number of nitrogens with zero attached hydrogens (tertiary/aromatic N) is 1. The van der Waals surface area contributed by atoms with Crippen molar-refractivity contribution < 1.29 is 4.79 Å². The molecular weight excluding hydrogens is 116 g/mol. The minimum atomic E-state index is -0.459. The number of rotatable bonds is 1. The first-order valence-electron chi connectivity index (χ1n) is 2.65. The lowest BCUT2D eigenvalue weighted by Crippen LogP contribution is -2.22. The molecule has 0 unspecified atom stereocenters. The van der Waals surface area contributed by atoms with Gasteiger partial charge in [-0.3, -0.25) is 10.1 Å². The summed E-state index contributed by atoms with van der Waals surface area (Å²) in [4.78, 5) is 10.4. The summed E-state index contributed by atoms with van der Waals surface area (Å²) in [5.41, 5.74) is 5.29. The van der Waals surface area contributed by atoms with Gasteiger partial charge in [-0.2, -0.15) is 0 Å². The molecule has 1 rings (SSSR count). The molecule has 0 fully saturated rings. The fourth-order valence-electron chi connectivity index (χ4n) is 0.584. The smallest absolute Gasteiger partial charge is 0.266 e. The molecular formula is C6H7N2O. The van der Waals surface area contributed by atoms with Crippen molar-refractivity contribution in [3.8, 4) is 0 Å². The minimum absolute atomic E-state index is 0.359. The predicted molar refractivity (Wildman–Crippen MR) is 33.4 cm³/mol. The Labute approximate surface area is 53.2 Å². The van der Waals surface area contributed by atoms with Crippen LogP contribution >= 0.6 is 0 Å². The maximum atomic E-state index is 10.4. The first-order valence-corrected chi connectivity index (χ1v) is 2.65. The van der Waals surface area contributed by atoms with Crippen molar-refractivity contribution in [1.82, 2.24) is 5.32 Å². The number of hydrogen-bond acceptors (Lipinski definition) is 1. The van der Waals surface area contributed by atoms with E-state index in [9.17, 15) is 4.79 Å². The lowest BCUT2D eigenvalue weighted by molar-refractivity contribution is -0.114. The van der Waals surface area contributed by atoms with E-state index in [4.69, 9.17) is 5.73 Å². The summed E-state index contributed by atoms with van der Waals surface area (Å²) in [6.07, 6.45) is 5.23. The van der Waals surface area contributed by atoms with Crippen molar-refractivity contribution >= 4 is 5.91 Å². The zero-order chi connectivity index (χ0) is 6.69. The van der Waals surface area contributed by atoms with E-state index < -0.39 is 5.91 Å². The van der Waals surface area contributed by atoms with E-state index in [-0.39, 0.29) is 0 Å². The highest BCUT2D eigenvalue weighted by Crippen LogP contribution is 1.95. The van der Waals surface area contributed by atoms with Gasteiger partial charge in [0.05, 0.1) is 6.54 Å². The minimum Gasteiger partial charge on any atom is -0.364 e. The Morgan fingerprint density at radius 1 is 1.78 bits per heavy atom. The van der Waals surface area contributed by atoms with Crippen molar-refractivity contribution in [2.24, 2.45) is 5.73 Å². The summed E-state index contributed by atoms with van der Waals surface area (Å²) < 4.78 is 0. The van der Waals surface area contributed by atoms with Gasteiger partial charge >= 0.3 is 0 Å². The van der Waals surface area contributed by atoms with Crippen LogP contribution in [0.3, 0.4) is 0 Å². The van der Waals surface area contributed by atoms with Crippen LogP contribution in [-0.2, 0) is 4.79 Å². The monoisotopic (exact) mass is 123 g/mol. The first-order chi connectivity index (χ1) is 4.30. The van der Waals surface area contributed by atoms with E-state index >= 15 is 0 Å². The van der Waals surface area contributed by atoms with Gasteiger partial charge in [0, 0.05) is 0 Å². The molecule has 0 spiro atoms. The quantitative estimate of drug-likeness (QED) is 0.503. The van der Waals surface area contributed by atoms with Crippen LogP contribution in [0.15, 0.2) is 23.9 Å². The molecule has 0 saturated carbocycles. The second kappa shape index (κ2) is 2.35. The molecule has 0 aliphatic carbocycles. The Morgan fingerprint density at radius 2 is 2.56 bits per heavy atom. The van der Waals surface area contributed by atoms with Gasteiger partial charge in [-0.1, -0.05) is 12.2 Å². The van der Waals surface area contributed by atoms with Crippen LogP contribution in [0.5, 0.6) is 0 Å². The van der Waals surface area contributed by atoms with Crippen molar-refractivity contribution in [2.75, 3.05) is 6.54 Å². The Balaban J connectivity index is 2.68. The summed E-state index contributed by atoms with van der Waals surface area (Å²) >= 11 is 0. The molecule has 3 nitrogen and oxygen atoms in total. The molecule has 0 aromatic rings. The summed E-state index contributed by atoms with van der Waals surface area (Å²) in [6.45, 7) is 0.564. The maximum Gasteiger partial charge on any atom is 0.266 e. The zero-order valence-electron chi connectivity index (χ0n) is 4.87. The third kappa shape index (κ3) is 1.32. The highest BCUT2D eigenvalue weighted by molar-refractivity contribution is 5.91. The third-order valence-corrected chi connectivity index (χ3v) is 1.01. The van der Waals surface area contributed by atoms with Crippen LogP contribution < -0.4 is 11.1 Å². The molecule has 9 heavy (non-hydrogen) atoms. The molecule has 0 saturated heterocycles. The van der Waals surface area contributed by atoms with Gasteiger partial charge in [-0.15, -0.1) is 0 Å². The molecule has 0 bridgehead atoms. The normalized spacial score (nSPS) is 16.2. The standard InChI is InChI=1S/C6H7N2O/c7-6(9)5-3-1-2-4-8-5/h1-3H,4H2,(H2,7,9). The fourth-order valence-corrected chi connectivity index (χ4v) is 0.584. The Bertz CT molecular complexity index is 181. The number of carbonyl (C=O) groups excluding carboxylic acids is 1. The lowest BCUT2D eigenvalue weighted by atomic mass is 10.3. The van der Waals surface area contributed by atoms with E-state index in [1.165, 1.54) is 0 Å². The van der Waals surface area contributed by atoms with E-state index in [1.54, 1.807) is 12.2 Å². The summed E-state index contributed by atoms with van der Waals surface area (Å²) in [7, 11) is 0. The number of nitrogens with two attached hydrogens (primary N) is 1. The van der Waals surface area contributed by atoms with Crippen LogP contribution in [0, 0.1) is 0 Å². The van der Waals surface area contributed by atoms with Crippen molar-refractivity contribution in [2.45, 2.75) is 0 Å². The SMILES string of the molecule is NC(=O)C1=CC=CC[N]1. The molecule has 0 aromatic carbocycles. The van der Waals surface area contributed by atoms with Crippen molar-refractivity contribution in [1.29, 1.82) is 0 Å². The zero-order valence-corrected chi connectivity index (χ0v) is 4.87. The molecule has 3 heteroatoms. The van der Waals surface area contributed by atoms with E-state index in [0.717, 1.165) is 0 Å². The number of hydrogen-bond donors (Lipinski definition) is 1. The highest BCUT2D eigenvalue weighted by Gasteiger charge is 2.04. The number of carbonyl (C=O) groups is 1. The van der Waals surface area contributed by atoms with Gasteiger partial charge in [0.1, 0.15) is 5.70 Å². The molecule has 1 aliphatic rings. The van der Waals surface area contributed by atoms with Crippen LogP contribution in [0.2, 0.25) is 0 Å². The number of primary amides is 1. The summed E-state index contributed by atoms with van der Waals surface area (Å²) in [6, 6.07) is 0. The van der Waals surface area contributed by atoms with Gasteiger partial charge in [0.15, 0.2) is 0 Å². The second-order valence-electron chi connectivity index (χ2n) is 1.68. The largest absolute Gasteiger partial charge is 0.364 e. The van der Waals surface area contributed by atoms with Crippen molar-refractivity contribution in [3.63, 3.8) is 0 Å². The van der Waals surface area contributed by atoms with Crippen molar-refractivity contribution in [3.05, 3.63) is 23.9 Å². The van der Waals surface area contributed by atoms with Gasteiger partial charge in [0.2, 0.25) is 0 Å². The maximum absolute atomic E-state index is 10.4. The van der Waals surface area contributed by atoms with Crippen LogP contribution in [0.4, 0.5) is 0 Å². The van der Waals surface area contributed by atoms with E-state index in [2.05, 4.69) is 5.32 Å². The van der Waals surface area contributed by atoms with Crippen LogP contribution in [0.1, 0.15) is 0 Å². The van der Waals surface area contributed by atoms with Gasteiger partial charge in [-0.05, 0) is 6.08 Å². The Hall–Kier alpha value is -1.25. The lowest BCUT2D eigenvalue weighted by Gasteiger charge is -2.02. The average Bonchev–Trinajstić information content (AvgIpc) is 1.90. The van der Waals surface area contributed by atoms with Gasteiger partial charge in [-0.25, -0.2) is 0 Å². The number of amides is 1. The first kappa shape index (κ1) is 5.88. The molecule has 0 atom stereocenters. The molecule has 47 valence electrons. The molecule has 1 aliphatic heterocycles. The summed E-state index contributed by atoms with van der Waals surface area (Å²) in [5.74, 6) is -0.459. The highest BCUT2D eigenvalue weighted by atomic mass is 16.1. The van der Waals surface area contributed by atoms with Crippen LogP contribution in [-0.4, -0.2) is 12.5 Å². The Morgan fingerprint density at radius 3 is 2.89 bits per heavy atom. The molecule has 1 amide bonds. The molecule has 2 N–H and O–H groups in total. The van der Waals surface area contributed by atoms with Crippen LogP contribution in [0.25, 0.3) is 0 Å². The average molecular weight is 123 g/mol. The third-order valence-electron chi connectivity index (χ3n) is 1.01. The number of allylic oxidation sites excluding steroid dienone is 2. The Kier molecular flexibility index (Phi) is 1.53. The fraction of sp³-hybridized carbons (Fsp3) is 0.167.